The number of hydrogen-bond donors (Lipinski definition) is 1. The number of carbonyl (C=O) groups excluding carboxylic acids is 2. The topological polar surface area (TPSA) is 96.0 Å². The summed E-state index contributed by atoms with van der Waals surface area (Å²) in [5, 5.41) is 2.89. The highest BCUT2D eigenvalue weighted by Gasteiger charge is 2.34. The van der Waals surface area contributed by atoms with E-state index in [1.54, 1.807) is 36.4 Å². The number of benzene rings is 3. The summed E-state index contributed by atoms with van der Waals surface area (Å²) in [6.07, 6.45) is 1.12. The Bertz CT molecular complexity index is 1360. The van der Waals surface area contributed by atoms with Crippen LogP contribution in [-0.4, -0.2) is 50.9 Å². The molecule has 1 unspecified atom stereocenters. The van der Waals surface area contributed by atoms with Gasteiger partial charge in [-0.3, -0.25) is 13.9 Å². The van der Waals surface area contributed by atoms with E-state index in [-0.39, 0.29) is 23.0 Å². The lowest BCUT2D eigenvalue weighted by molar-refractivity contribution is -0.140. The summed E-state index contributed by atoms with van der Waals surface area (Å²) in [6, 6.07) is 21.8. The first-order chi connectivity index (χ1) is 19.2. The molecule has 214 valence electrons. The van der Waals surface area contributed by atoms with Gasteiger partial charge in [-0.15, -0.1) is 0 Å². The molecule has 8 nitrogen and oxygen atoms in total. The number of sulfonamides is 1. The summed E-state index contributed by atoms with van der Waals surface area (Å²) in [5.74, 6) is -0.420. The van der Waals surface area contributed by atoms with Crippen molar-refractivity contribution >= 4 is 27.5 Å². The molecule has 0 aliphatic carbocycles. The predicted octanol–water partition coefficient (Wildman–Crippen LogP) is 4.92. The van der Waals surface area contributed by atoms with Crippen molar-refractivity contribution in [2.75, 3.05) is 24.0 Å². The Balaban J connectivity index is 2.09. The van der Waals surface area contributed by atoms with E-state index in [0.29, 0.717) is 25.3 Å². The Hall–Kier alpha value is -3.85. The van der Waals surface area contributed by atoms with Crippen LogP contribution in [0.5, 0.6) is 5.75 Å². The minimum absolute atomic E-state index is 0.0551. The molecule has 3 aromatic rings. The van der Waals surface area contributed by atoms with Gasteiger partial charge in [0.2, 0.25) is 11.8 Å². The smallest absolute Gasteiger partial charge is 0.264 e. The maximum absolute atomic E-state index is 14.1. The zero-order valence-corrected chi connectivity index (χ0v) is 24.5. The third-order valence-corrected chi connectivity index (χ3v) is 8.23. The van der Waals surface area contributed by atoms with Crippen LogP contribution in [0.1, 0.15) is 44.7 Å². The molecule has 40 heavy (non-hydrogen) atoms. The van der Waals surface area contributed by atoms with Gasteiger partial charge in [-0.2, -0.15) is 0 Å². The van der Waals surface area contributed by atoms with Crippen molar-refractivity contribution in [1.29, 1.82) is 0 Å². The van der Waals surface area contributed by atoms with Crippen LogP contribution in [0.4, 0.5) is 5.69 Å². The van der Waals surface area contributed by atoms with E-state index in [2.05, 4.69) is 5.32 Å². The molecule has 9 heteroatoms. The number of ether oxygens (including phenoxy) is 1. The Kier molecular flexibility index (Phi) is 11.1. The third-order valence-electron chi connectivity index (χ3n) is 6.45. The Morgan fingerprint density at radius 2 is 1.55 bits per heavy atom. The van der Waals surface area contributed by atoms with Crippen molar-refractivity contribution in [3.8, 4) is 5.75 Å². The molecule has 0 radical (unpaired) electrons. The summed E-state index contributed by atoms with van der Waals surface area (Å²) in [4.78, 5) is 28.8. The fraction of sp³-hybridized carbons (Fsp3) is 0.355. The minimum Gasteiger partial charge on any atom is -0.492 e. The first kappa shape index (κ1) is 30.7. The van der Waals surface area contributed by atoms with Gasteiger partial charge in [-0.25, -0.2) is 8.42 Å². The number of nitrogens with one attached hydrogen (secondary N) is 1. The van der Waals surface area contributed by atoms with Crippen LogP contribution < -0.4 is 14.4 Å². The second-order valence-electron chi connectivity index (χ2n) is 9.45. The lowest BCUT2D eigenvalue weighted by atomic mass is 10.1. The van der Waals surface area contributed by atoms with Crippen molar-refractivity contribution in [1.82, 2.24) is 10.2 Å². The van der Waals surface area contributed by atoms with E-state index < -0.39 is 28.5 Å². The molecular formula is C31H39N3O5S. The largest absolute Gasteiger partial charge is 0.492 e. The van der Waals surface area contributed by atoms with Crippen molar-refractivity contribution in [2.24, 2.45) is 0 Å². The molecule has 0 heterocycles. The Morgan fingerprint density at radius 1 is 0.900 bits per heavy atom. The molecule has 0 spiro atoms. The molecule has 3 aromatic carbocycles. The van der Waals surface area contributed by atoms with Crippen molar-refractivity contribution in [3.05, 3.63) is 90.0 Å². The summed E-state index contributed by atoms with van der Waals surface area (Å²) < 4.78 is 34.9. The highest BCUT2D eigenvalue weighted by Crippen LogP contribution is 2.33. The molecule has 0 aromatic heterocycles. The molecule has 0 aliphatic heterocycles. The van der Waals surface area contributed by atoms with Gasteiger partial charge in [-0.05, 0) is 56.5 Å². The van der Waals surface area contributed by atoms with Gasteiger partial charge in [0.15, 0.2) is 0 Å². The number of para-hydroxylation sites is 2. The van der Waals surface area contributed by atoms with Crippen molar-refractivity contribution < 1.29 is 22.7 Å². The fourth-order valence-electron chi connectivity index (χ4n) is 4.36. The maximum Gasteiger partial charge on any atom is 0.264 e. The average molecular weight is 566 g/mol. The van der Waals surface area contributed by atoms with E-state index in [0.717, 1.165) is 21.9 Å². The lowest BCUT2D eigenvalue weighted by Crippen LogP contribution is -2.52. The quantitative estimate of drug-likeness (QED) is 0.299. The van der Waals surface area contributed by atoms with Gasteiger partial charge in [0.05, 0.1) is 17.2 Å². The molecule has 0 fully saturated rings. The van der Waals surface area contributed by atoms with Crippen LogP contribution in [0.2, 0.25) is 0 Å². The first-order valence-corrected chi connectivity index (χ1v) is 15.1. The lowest BCUT2D eigenvalue weighted by Gasteiger charge is -2.33. The highest BCUT2D eigenvalue weighted by atomic mass is 32.2. The number of anilines is 1. The second-order valence-corrected chi connectivity index (χ2v) is 11.3. The Morgan fingerprint density at radius 3 is 2.17 bits per heavy atom. The van der Waals surface area contributed by atoms with Gasteiger partial charge in [0, 0.05) is 13.1 Å². The number of hydrogen-bond acceptors (Lipinski definition) is 5. The number of rotatable bonds is 14. The van der Waals surface area contributed by atoms with Gasteiger partial charge >= 0.3 is 0 Å². The monoisotopic (exact) mass is 565 g/mol. The SMILES string of the molecule is CCCNC(=O)C(CC)N(Cc1ccccc1)C(=O)CN(c1ccccc1OCC)S(=O)(=O)c1ccc(C)cc1. The van der Waals surface area contributed by atoms with Crippen LogP contribution in [0.15, 0.2) is 83.8 Å². The number of nitrogens with zero attached hydrogens (tertiary/aromatic N) is 2. The van der Waals surface area contributed by atoms with Crippen molar-refractivity contribution in [2.45, 2.75) is 58.0 Å². The first-order valence-electron chi connectivity index (χ1n) is 13.6. The second kappa shape index (κ2) is 14.5. The highest BCUT2D eigenvalue weighted by molar-refractivity contribution is 7.92. The van der Waals surface area contributed by atoms with E-state index in [4.69, 9.17) is 4.74 Å². The predicted molar refractivity (Wildman–Crippen MR) is 158 cm³/mol. The summed E-state index contributed by atoms with van der Waals surface area (Å²) in [6.45, 7) is 7.93. The fourth-order valence-corrected chi connectivity index (χ4v) is 5.78. The minimum atomic E-state index is -4.17. The van der Waals surface area contributed by atoms with E-state index in [1.165, 1.54) is 17.0 Å². The van der Waals surface area contributed by atoms with E-state index in [9.17, 15) is 18.0 Å². The summed E-state index contributed by atoms with van der Waals surface area (Å²) >= 11 is 0. The molecule has 1 atom stereocenters. The molecule has 0 aliphatic rings. The summed E-state index contributed by atoms with van der Waals surface area (Å²) in [5.41, 5.74) is 2.00. The van der Waals surface area contributed by atoms with Crippen LogP contribution in [-0.2, 0) is 26.2 Å². The van der Waals surface area contributed by atoms with E-state index >= 15 is 0 Å². The maximum atomic E-state index is 14.1. The third kappa shape index (κ3) is 7.63. The molecule has 2 amide bonds. The van der Waals surface area contributed by atoms with Gasteiger partial charge in [0.25, 0.3) is 10.0 Å². The molecule has 3 rings (SSSR count). The number of aryl methyl sites for hydroxylation is 1. The number of amides is 2. The van der Waals surface area contributed by atoms with Crippen molar-refractivity contribution in [3.63, 3.8) is 0 Å². The zero-order valence-electron chi connectivity index (χ0n) is 23.7. The standard InChI is InChI=1S/C31H39N3O5S/c1-5-21-32-31(36)27(6-2)33(22-25-13-9-8-10-14-25)30(35)23-34(28-15-11-12-16-29(28)39-7-3)40(37,38)26-19-17-24(4)18-20-26/h8-20,27H,5-7,21-23H2,1-4H3,(H,32,36). The average Bonchev–Trinajstić information content (AvgIpc) is 2.96. The van der Waals surface area contributed by atoms with E-state index in [1.807, 2.05) is 58.0 Å². The molecular weight excluding hydrogens is 526 g/mol. The molecule has 1 N–H and O–H groups in total. The van der Waals surface area contributed by atoms with Crippen LogP contribution in [0.3, 0.4) is 0 Å². The summed E-state index contributed by atoms with van der Waals surface area (Å²) in [7, 11) is -4.17. The van der Waals surface area contributed by atoms with Crippen LogP contribution >= 0.6 is 0 Å². The molecule has 0 saturated carbocycles. The van der Waals surface area contributed by atoms with Gasteiger partial charge in [-0.1, -0.05) is 74.0 Å². The molecule has 0 bridgehead atoms. The Labute approximate surface area is 238 Å². The normalized spacial score (nSPS) is 11.9. The number of carbonyl (C=O) groups is 2. The zero-order chi connectivity index (χ0) is 29.1. The molecule has 0 saturated heterocycles. The van der Waals surface area contributed by atoms with Crippen LogP contribution in [0, 0.1) is 6.92 Å². The van der Waals surface area contributed by atoms with Gasteiger partial charge in [0.1, 0.15) is 18.3 Å². The van der Waals surface area contributed by atoms with Crippen LogP contribution in [0.25, 0.3) is 0 Å². The van der Waals surface area contributed by atoms with Gasteiger partial charge < -0.3 is 15.0 Å².